The molecule has 0 radical (unpaired) electrons. The smallest absolute Gasteiger partial charge is 0.345 e. The zero-order chi connectivity index (χ0) is 20.9. The van der Waals surface area contributed by atoms with Crippen LogP contribution >= 0.6 is 0 Å². The number of hydroxylamine groups is 2. The molecule has 3 saturated heterocycles. The van der Waals surface area contributed by atoms with Gasteiger partial charge in [-0.25, -0.2) is 4.79 Å². The van der Waals surface area contributed by atoms with Crippen molar-refractivity contribution in [3.63, 3.8) is 0 Å². The van der Waals surface area contributed by atoms with Gasteiger partial charge in [0, 0.05) is 38.0 Å². The van der Waals surface area contributed by atoms with Gasteiger partial charge in [-0.3, -0.25) is 14.4 Å². The summed E-state index contributed by atoms with van der Waals surface area (Å²) in [5.74, 6) is 0.0609. The molecule has 4 amide bonds. The number of hydrogen-bond donors (Lipinski definition) is 1. The predicted molar refractivity (Wildman–Crippen MR) is 108 cm³/mol. The van der Waals surface area contributed by atoms with E-state index < -0.39 is 6.04 Å². The second kappa shape index (κ2) is 7.27. The van der Waals surface area contributed by atoms with E-state index in [0.29, 0.717) is 19.6 Å². The zero-order valence-corrected chi connectivity index (χ0v) is 17.3. The molecule has 2 unspecified atom stereocenters. The summed E-state index contributed by atoms with van der Waals surface area (Å²) in [7, 11) is 0. The number of carbonyl (C=O) groups is 3. The maximum absolute atomic E-state index is 12.9. The molecule has 2 atom stereocenters. The average molecular weight is 412 g/mol. The van der Waals surface area contributed by atoms with Crippen molar-refractivity contribution in [1.82, 2.24) is 20.2 Å². The lowest BCUT2D eigenvalue weighted by Crippen LogP contribution is -2.68. The number of hydrogen-bond acceptors (Lipinski definition) is 4. The highest BCUT2D eigenvalue weighted by molar-refractivity contribution is 5.88. The fourth-order valence-corrected chi connectivity index (χ4v) is 5.42. The van der Waals surface area contributed by atoms with Crippen LogP contribution in [0.3, 0.4) is 0 Å². The number of rotatable bonds is 5. The Balaban J connectivity index is 1.13. The fraction of sp³-hybridized carbons (Fsp3) is 0.591. The molecule has 30 heavy (non-hydrogen) atoms. The Bertz CT molecular complexity index is 846. The van der Waals surface area contributed by atoms with Crippen LogP contribution in [0.25, 0.3) is 0 Å². The van der Waals surface area contributed by atoms with Gasteiger partial charge in [-0.1, -0.05) is 30.3 Å². The second-order valence-electron chi connectivity index (χ2n) is 9.26. The summed E-state index contributed by atoms with van der Waals surface area (Å²) in [5.41, 5.74) is 1.21. The third-order valence-corrected chi connectivity index (χ3v) is 7.04. The topological polar surface area (TPSA) is 82.2 Å². The van der Waals surface area contributed by atoms with Gasteiger partial charge in [-0.2, -0.15) is 5.06 Å². The highest BCUT2D eigenvalue weighted by Crippen LogP contribution is 2.48. The fourth-order valence-electron chi connectivity index (χ4n) is 5.42. The van der Waals surface area contributed by atoms with E-state index in [-0.39, 0.29) is 35.3 Å². The van der Waals surface area contributed by atoms with Crippen LogP contribution in [0, 0.1) is 5.41 Å². The summed E-state index contributed by atoms with van der Waals surface area (Å²) < 4.78 is 0. The summed E-state index contributed by atoms with van der Waals surface area (Å²) >= 11 is 0. The van der Waals surface area contributed by atoms with Gasteiger partial charge in [-0.15, -0.1) is 0 Å². The molecule has 1 spiro atoms. The molecule has 4 fully saturated rings. The Kier molecular flexibility index (Phi) is 4.69. The van der Waals surface area contributed by atoms with E-state index in [0.717, 1.165) is 37.9 Å². The van der Waals surface area contributed by atoms with Crippen LogP contribution in [0.1, 0.15) is 38.2 Å². The third-order valence-electron chi connectivity index (χ3n) is 7.04. The zero-order valence-electron chi connectivity index (χ0n) is 17.3. The summed E-state index contributed by atoms with van der Waals surface area (Å²) in [5, 5.41) is 4.60. The number of urea groups is 1. The molecule has 4 aliphatic rings. The first-order valence-electron chi connectivity index (χ1n) is 10.8. The van der Waals surface area contributed by atoms with Gasteiger partial charge in [0.15, 0.2) is 0 Å². The number of piperidine rings is 1. The molecule has 8 nitrogen and oxygen atoms in total. The number of likely N-dealkylation sites (tertiary alicyclic amines) is 1. The summed E-state index contributed by atoms with van der Waals surface area (Å²) in [6.07, 6.45) is 3.25. The number of fused-ring (bicyclic) bond motifs is 2. The van der Waals surface area contributed by atoms with Crippen LogP contribution in [0.5, 0.6) is 0 Å². The summed E-state index contributed by atoms with van der Waals surface area (Å²) in [6.45, 7) is 4.08. The number of carbonyl (C=O) groups excluding carboxylic acids is 3. The van der Waals surface area contributed by atoms with Gasteiger partial charge in [-0.05, 0) is 31.2 Å². The minimum absolute atomic E-state index is 0.00442. The predicted octanol–water partition coefficient (Wildman–Crippen LogP) is 1.51. The molecule has 160 valence electrons. The maximum Gasteiger partial charge on any atom is 0.345 e. The van der Waals surface area contributed by atoms with E-state index in [1.807, 2.05) is 35.2 Å². The first-order valence-corrected chi connectivity index (χ1v) is 10.8. The van der Waals surface area contributed by atoms with E-state index in [1.165, 1.54) is 5.06 Å². The third kappa shape index (κ3) is 3.33. The Morgan fingerprint density at radius 2 is 1.90 bits per heavy atom. The Labute approximate surface area is 176 Å². The van der Waals surface area contributed by atoms with E-state index in [1.54, 1.807) is 11.8 Å². The molecule has 1 saturated carbocycles. The van der Waals surface area contributed by atoms with E-state index in [2.05, 4.69) is 5.32 Å². The lowest BCUT2D eigenvalue weighted by atomic mass is 9.60. The first-order chi connectivity index (χ1) is 14.4. The van der Waals surface area contributed by atoms with Crippen LogP contribution in [0.15, 0.2) is 30.3 Å². The molecule has 1 aromatic rings. The molecule has 8 heteroatoms. The highest BCUT2D eigenvalue weighted by Gasteiger charge is 2.54. The number of nitrogens with one attached hydrogen (secondary N) is 1. The van der Waals surface area contributed by atoms with Crippen molar-refractivity contribution in [2.45, 2.75) is 57.3 Å². The van der Waals surface area contributed by atoms with Gasteiger partial charge < -0.3 is 15.1 Å². The molecule has 1 aliphatic carbocycles. The highest BCUT2D eigenvalue weighted by atomic mass is 16.7. The molecular weight excluding hydrogens is 384 g/mol. The molecule has 3 aliphatic heterocycles. The lowest BCUT2D eigenvalue weighted by Gasteiger charge is -2.59. The van der Waals surface area contributed by atoms with Crippen LogP contribution < -0.4 is 5.32 Å². The average Bonchev–Trinajstić information content (AvgIpc) is 2.91. The van der Waals surface area contributed by atoms with Gasteiger partial charge in [0.2, 0.25) is 11.8 Å². The number of benzene rings is 1. The van der Waals surface area contributed by atoms with E-state index in [4.69, 9.17) is 4.84 Å². The lowest BCUT2D eigenvalue weighted by molar-refractivity contribution is -0.151. The standard InChI is InChI=1S/C22H28N4O4/c1-15(27)24-13-22(14-24)9-17(10-22)23-20(28)19-8-7-18-11-25(19)21(29)26(18)30-12-16-5-3-2-4-6-16/h2-6,17-19H,7-14H2,1H3,(H,23,28). The second-order valence-corrected chi connectivity index (χ2v) is 9.26. The largest absolute Gasteiger partial charge is 0.352 e. The first kappa shape index (κ1) is 19.4. The Hall–Kier alpha value is -2.61. The van der Waals surface area contributed by atoms with Gasteiger partial charge in [0.25, 0.3) is 0 Å². The van der Waals surface area contributed by atoms with Crippen molar-refractivity contribution < 1.29 is 19.2 Å². The maximum atomic E-state index is 12.9. The molecule has 1 aromatic carbocycles. The van der Waals surface area contributed by atoms with Crippen LogP contribution in [0.4, 0.5) is 4.79 Å². The number of amides is 4. The molecule has 3 heterocycles. The minimum Gasteiger partial charge on any atom is -0.352 e. The summed E-state index contributed by atoms with van der Waals surface area (Å²) in [6, 6.07) is 9.27. The molecule has 5 rings (SSSR count). The Morgan fingerprint density at radius 1 is 1.17 bits per heavy atom. The van der Waals surface area contributed by atoms with E-state index in [9.17, 15) is 14.4 Å². The summed E-state index contributed by atoms with van der Waals surface area (Å²) in [4.78, 5) is 46.4. The molecule has 0 aromatic heterocycles. The quantitative estimate of drug-likeness (QED) is 0.795. The monoisotopic (exact) mass is 412 g/mol. The van der Waals surface area contributed by atoms with Crippen LogP contribution in [0.2, 0.25) is 0 Å². The normalized spacial score (nSPS) is 27.1. The molecule has 2 bridgehead atoms. The molecule has 1 N–H and O–H groups in total. The van der Waals surface area contributed by atoms with Crippen molar-refractivity contribution in [2.75, 3.05) is 19.6 Å². The van der Waals surface area contributed by atoms with Gasteiger partial charge >= 0.3 is 6.03 Å². The van der Waals surface area contributed by atoms with Gasteiger partial charge in [0.05, 0.1) is 6.04 Å². The number of nitrogens with zero attached hydrogens (tertiary/aromatic N) is 3. The van der Waals surface area contributed by atoms with Crippen molar-refractivity contribution in [3.8, 4) is 0 Å². The van der Waals surface area contributed by atoms with E-state index >= 15 is 0 Å². The van der Waals surface area contributed by atoms with Crippen molar-refractivity contribution in [3.05, 3.63) is 35.9 Å². The van der Waals surface area contributed by atoms with Crippen LogP contribution in [-0.4, -0.2) is 70.5 Å². The van der Waals surface area contributed by atoms with Crippen molar-refractivity contribution in [1.29, 1.82) is 0 Å². The minimum atomic E-state index is -0.425. The van der Waals surface area contributed by atoms with Gasteiger partial charge in [0.1, 0.15) is 12.6 Å². The molecular formula is C22H28N4O4. The van der Waals surface area contributed by atoms with Crippen LogP contribution in [-0.2, 0) is 21.0 Å². The SMILES string of the molecule is CC(=O)N1CC2(CC(NC(=O)C3CCC4CN3C(=O)N4OCc3ccccc3)C2)C1. The van der Waals surface area contributed by atoms with Crippen molar-refractivity contribution in [2.24, 2.45) is 5.41 Å². The van der Waals surface area contributed by atoms with Crippen molar-refractivity contribution >= 4 is 17.8 Å². The Morgan fingerprint density at radius 3 is 2.60 bits per heavy atom.